The van der Waals surface area contributed by atoms with Crippen LogP contribution in [0.25, 0.3) is 0 Å². The van der Waals surface area contributed by atoms with Gasteiger partial charge in [-0.25, -0.2) is 4.79 Å². The van der Waals surface area contributed by atoms with E-state index < -0.39 is 6.29 Å². The molecule has 0 saturated heterocycles. The number of aliphatic hydroxyl groups is 1. The molecular formula is C16H26O4. The summed E-state index contributed by atoms with van der Waals surface area (Å²) in [6.45, 7) is 11.7. The van der Waals surface area contributed by atoms with Crippen molar-refractivity contribution in [2.45, 2.75) is 45.8 Å². The molecule has 0 aromatic rings. The first kappa shape index (κ1) is 16.9. The van der Waals surface area contributed by atoms with Gasteiger partial charge < -0.3 is 14.6 Å². The number of carbonyl (C=O) groups is 1. The standard InChI is InChI=1S/C16H26O4/c1-11(2)15(17)19-9-13-5-7-14(8-6-13)10-20-16(18)12(3)4/h13-15,17H,1,3,5-10H2,2,4H3. The minimum absolute atomic E-state index is 0.306. The van der Waals surface area contributed by atoms with Crippen molar-refractivity contribution in [1.82, 2.24) is 0 Å². The van der Waals surface area contributed by atoms with Crippen molar-refractivity contribution >= 4 is 5.97 Å². The molecule has 0 aromatic carbocycles. The van der Waals surface area contributed by atoms with Gasteiger partial charge in [-0.15, -0.1) is 0 Å². The fourth-order valence-electron chi connectivity index (χ4n) is 2.25. The second-order valence-corrected chi connectivity index (χ2v) is 5.80. The summed E-state index contributed by atoms with van der Waals surface area (Å²) in [7, 11) is 0. The lowest BCUT2D eigenvalue weighted by molar-refractivity contribution is -0.141. The highest BCUT2D eigenvalue weighted by Crippen LogP contribution is 2.29. The van der Waals surface area contributed by atoms with Crippen LogP contribution in [0.2, 0.25) is 0 Å². The number of carbonyl (C=O) groups excluding carboxylic acids is 1. The van der Waals surface area contributed by atoms with Gasteiger partial charge >= 0.3 is 5.97 Å². The second kappa shape index (κ2) is 8.22. The molecule has 0 bridgehead atoms. The molecule has 1 atom stereocenters. The normalized spacial score (nSPS) is 23.9. The van der Waals surface area contributed by atoms with E-state index in [-0.39, 0.29) is 5.97 Å². The Hall–Kier alpha value is -1.13. The van der Waals surface area contributed by atoms with Gasteiger partial charge in [0.15, 0.2) is 6.29 Å². The zero-order valence-electron chi connectivity index (χ0n) is 12.6. The van der Waals surface area contributed by atoms with Gasteiger partial charge in [0.2, 0.25) is 0 Å². The fraction of sp³-hybridized carbons (Fsp3) is 0.688. The summed E-state index contributed by atoms with van der Waals surface area (Å²) in [6, 6.07) is 0. The quantitative estimate of drug-likeness (QED) is 0.338. The van der Waals surface area contributed by atoms with Crippen LogP contribution < -0.4 is 0 Å². The van der Waals surface area contributed by atoms with E-state index in [2.05, 4.69) is 13.2 Å². The molecule has 1 fully saturated rings. The Morgan fingerprint density at radius 1 is 1.15 bits per heavy atom. The summed E-state index contributed by atoms with van der Waals surface area (Å²) in [6.07, 6.45) is 3.28. The Morgan fingerprint density at radius 2 is 1.65 bits per heavy atom. The van der Waals surface area contributed by atoms with Gasteiger partial charge in [0, 0.05) is 5.57 Å². The lowest BCUT2D eigenvalue weighted by Crippen LogP contribution is -2.25. The summed E-state index contributed by atoms with van der Waals surface area (Å²) >= 11 is 0. The molecule has 0 aromatic heterocycles. The Kier molecular flexibility index (Phi) is 6.96. The third-order valence-electron chi connectivity index (χ3n) is 3.68. The lowest BCUT2D eigenvalue weighted by atomic mass is 9.83. The van der Waals surface area contributed by atoms with Crippen LogP contribution in [0.4, 0.5) is 0 Å². The fourth-order valence-corrected chi connectivity index (χ4v) is 2.25. The van der Waals surface area contributed by atoms with Gasteiger partial charge in [0.05, 0.1) is 13.2 Å². The van der Waals surface area contributed by atoms with Gasteiger partial charge in [-0.1, -0.05) is 13.2 Å². The molecule has 1 saturated carbocycles. The largest absolute Gasteiger partial charge is 0.462 e. The third kappa shape index (κ3) is 5.88. The van der Waals surface area contributed by atoms with Gasteiger partial charge in [-0.3, -0.25) is 0 Å². The zero-order valence-corrected chi connectivity index (χ0v) is 12.6. The molecule has 0 aliphatic heterocycles. The summed E-state index contributed by atoms with van der Waals surface area (Å²) in [4.78, 5) is 11.3. The van der Waals surface area contributed by atoms with Crippen molar-refractivity contribution in [1.29, 1.82) is 0 Å². The molecule has 1 aliphatic rings. The molecule has 1 N–H and O–H groups in total. The highest BCUT2D eigenvalue weighted by atomic mass is 16.6. The van der Waals surface area contributed by atoms with E-state index in [0.717, 1.165) is 25.7 Å². The van der Waals surface area contributed by atoms with Crippen molar-refractivity contribution in [2.75, 3.05) is 13.2 Å². The van der Waals surface area contributed by atoms with Gasteiger partial charge in [0.25, 0.3) is 0 Å². The first-order valence-corrected chi connectivity index (χ1v) is 7.17. The van der Waals surface area contributed by atoms with Crippen molar-refractivity contribution in [3.05, 3.63) is 24.3 Å². The molecular weight excluding hydrogens is 256 g/mol. The molecule has 20 heavy (non-hydrogen) atoms. The molecule has 0 heterocycles. The Balaban J connectivity index is 2.18. The average Bonchev–Trinajstić information content (AvgIpc) is 2.42. The van der Waals surface area contributed by atoms with E-state index in [1.54, 1.807) is 13.8 Å². The average molecular weight is 282 g/mol. The minimum Gasteiger partial charge on any atom is -0.462 e. The van der Waals surface area contributed by atoms with E-state index in [0.29, 0.717) is 36.2 Å². The van der Waals surface area contributed by atoms with Crippen LogP contribution in [0.3, 0.4) is 0 Å². The topological polar surface area (TPSA) is 55.8 Å². The third-order valence-corrected chi connectivity index (χ3v) is 3.68. The highest BCUT2D eigenvalue weighted by molar-refractivity contribution is 5.86. The van der Waals surface area contributed by atoms with E-state index in [4.69, 9.17) is 9.47 Å². The molecule has 1 unspecified atom stereocenters. The first-order valence-electron chi connectivity index (χ1n) is 7.17. The van der Waals surface area contributed by atoms with E-state index in [1.165, 1.54) is 0 Å². The number of esters is 1. The summed E-state index contributed by atoms with van der Waals surface area (Å²) in [5.41, 5.74) is 1.08. The predicted molar refractivity (Wildman–Crippen MR) is 78.0 cm³/mol. The van der Waals surface area contributed by atoms with Gasteiger partial charge in [0.1, 0.15) is 0 Å². The van der Waals surface area contributed by atoms with Crippen LogP contribution >= 0.6 is 0 Å². The van der Waals surface area contributed by atoms with Crippen LogP contribution in [0.1, 0.15) is 39.5 Å². The van der Waals surface area contributed by atoms with Crippen LogP contribution in [-0.2, 0) is 14.3 Å². The van der Waals surface area contributed by atoms with Crippen molar-refractivity contribution in [3.63, 3.8) is 0 Å². The maximum atomic E-state index is 11.3. The van der Waals surface area contributed by atoms with Gasteiger partial charge in [-0.05, 0) is 56.9 Å². The van der Waals surface area contributed by atoms with Crippen molar-refractivity contribution in [3.8, 4) is 0 Å². The highest BCUT2D eigenvalue weighted by Gasteiger charge is 2.23. The number of hydrogen-bond acceptors (Lipinski definition) is 4. The predicted octanol–water partition coefficient (Wildman–Crippen LogP) is 2.82. The van der Waals surface area contributed by atoms with Gasteiger partial charge in [-0.2, -0.15) is 0 Å². The van der Waals surface area contributed by atoms with Crippen LogP contribution in [0.5, 0.6) is 0 Å². The summed E-state index contributed by atoms with van der Waals surface area (Å²) in [5, 5.41) is 9.52. The molecule has 1 aliphatic carbocycles. The lowest BCUT2D eigenvalue weighted by Gasteiger charge is -2.28. The number of aliphatic hydroxyl groups excluding tert-OH is 1. The van der Waals surface area contributed by atoms with E-state index in [1.807, 2.05) is 0 Å². The molecule has 0 spiro atoms. The Labute approximate surface area is 121 Å². The maximum absolute atomic E-state index is 11.3. The summed E-state index contributed by atoms with van der Waals surface area (Å²) < 4.78 is 10.6. The second-order valence-electron chi connectivity index (χ2n) is 5.80. The maximum Gasteiger partial charge on any atom is 0.333 e. The zero-order chi connectivity index (χ0) is 15.1. The Morgan fingerprint density at radius 3 is 2.10 bits per heavy atom. The SMILES string of the molecule is C=C(C)C(=O)OCC1CCC(COC(O)C(=C)C)CC1. The van der Waals surface area contributed by atoms with Crippen LogP contribution in [0.15, 0.2) is 24.3 Å². The molecule has 1 rings (SSSR count). The molecule has 4 heteroatoms. The van der Waals surface area contributed by atoms with E-state index >= 15 is 0 Å². The summed E-state index contributed by atoms with van der Waals surface area (Å²) in [5.74, 6) is 0.595. The molecule has 0 radical (unpaired) electrons. The number of rotatable bonds is 7. The smallest absolute Gasteiger partial charge is 0.333 e. The van der Waals surface area contributed by atoms with Crippen LogP contribution in [-0.4, -0.2) is 30.6 Å². The number of ether oxygens (including phenoxy) is 2. The molecule has 114 valence electrons. The van der Waals surface area contributed by atoms with Crippen molar-refractivity contribution < 1.29 is 19.4 Å². The molecule has 4 nitrogen and oxygen atoms in total. The number of hydrogen-bond donors (Lipinski definition) is 1. The Bertz CT molecular complexity index is 353. The van der Waals surface area contributed by atoms with E-state index in [9.17, 15) is 9.90 Å². The van der Waals surface area contributed by atoms with Crippen molar-refractivity contribution in [2.24, 2.45) is 11.8 Å². The minimum atomic E-state index is -0.857. The monoisotopic (exact) mass is 282 g/mol. The van der Waals surface area contributed by atoms with Crippen LogP contribution in [0, 0.1) is 11.8 Å². The first-order chi connectivity index (χ1) is 9.40. The molecule has 0 amide bonds.